The topological polar surface area (TPSA) is 43.4 Å². The van der Waals surface area contributed by atoms with Gasteiger partial charge in [-0.3, -0.25) is 0 Å². The van der Waals surface area contributed by atoms with E-state index in [9.17, 15) is 0 Å². The summed E-state index contributed by atoms with van der Waals surface area (Å²) in [5.41, 5.74) is 0. The molecule has 2 rings (SSSR count). The molecule has 1 saturated heterocycles. The molecule has 0 spiro atoms. The number of ether oxygens (including phenoxy) is 2. The number of hydrogen-bond acceptors (Lipinski definition) is 4. The molecule has 0 aliphatic carbocycles. The molecule has 2 heterocycles. The number of nitrogens with zero attached hydrogens (tertiary/aromatic N) is 1. The molecular formula is C13H18Cl2N2O2. The molecule has 1 fully saturated rings. The van der Waals surface area contributed by atoms with Crippen molar-refractivity contribution < 1.29 is 9.47 Å². The number of anilines is 1. The van der Waals surface area contributed by atoms with E-state index in [1.54, 1.807) is 6.07 Å². The van der Waals surface area contributed by atoms with Crippen LogP contribution in [-0.4, -0.2) is 31.3 Å². The number of rotatable bonds is 6. The summed E-state index contributed by atoms with van der Waals surface area (Å²) in [5.74, 6) is 1.46. The van der Waals surface area contributed by atoms with Crippen LogP contribution < -0.4 is 10.1 Å². The first-order chi connectivity index (χ1) is 9.20. The number of hydrogen-bond donors (Lipinski definition) is 1. The summed E-state index contributed by atoms with van der Waals surface area (Å²) in [6.07, 6.45) is 2.02. The highest BCUT2D eigenvalue weighted by molar-refractivity contribution is 6.36. The van der Waals surface area contributed by atoms with Crippen LogP contribution in [0.2, 0.25) is 10.0 Å². The first-order valence-electron chi connectivity index (χ1n) is 6.51. The van der Waals surface area contributed by atoms with Crippen LogP contribution in [0.3, 0.4) is 0 Å². The van der Waals surface area contributed by atoms with Gasteiger partial charge in [-0.1, -0.05) is 30.1 Å². The van der Waals surface area contributed by atoms with Crippen LogP contribution in [0.4, 0.5) is 5.82 Å². The zero-order chi connectivity index (χ0) is 13.7. The minimum absolute atomic E-state index is 0.417. The lowest BCUT2D eigenvalue weighted by atomic mass is 10.1. The number of halogens is 2. The van der Waals surface area contributed by atoms with Crippen molar-refractivity contribution in [3.63, 3.8) is 0 Å². The fourth-order valence-electron chi connectivity index (χ4n) is 1.83. The smallest absolute Gasteiger partial charge is 0.234 e. The lowest BCUT2D eigenvalue weighted by Gasteiger charge is -2.13. The van der Waals surface area contributed by atoms with Crippen LogP contribution in [0.5, 0.6) is 5.88 Å². The molecule has 0 bridgehead atoms. The fraction of sp³-hybridized carbons (Fsp3) is 0.615. The molecule has 1 N–H and O–H groups in total. The molecule has 0 radical (unpaired) electrons. The minimum atomic E-state index is 0.417. The van der Waals surface area contributed by atoms with E-state index in [0.717, 1.165) is 32.6 Å². The molecule has 1 aliphatic heterocycles. The number of nitrogens with one attached hydrogen (secondary N) is 1. The zero-order valence-corrected chi connectivity index (χ0v) is 12.4. The standard InChI is InChI=1S/C13H18Cl2N2O2/c1-2-4-16-12-10(14)6-11(15)13(17-12)19-8-9-3-5-18-7-9/h6,9H,2-5,7-8H2,1H3,(H,16,17). The van der Waals surface area contributed by atoms with Crippen LogP contribution in [-0.2, 0) is 4.74 Å². The molecule has 1 aliphatic rings. The first-order valence-corrected chi connectivity index (χ1v) is 7.26. The molecule has 0 saturated carbocycles. The Morgan fingerprint density at radius 2 is 2.32 bits per heavy atom. The van der Waals surface area contributed by atoms with Crippen molar-refractivity contribution in [1.82, 2.24) is 4.98 Å². The van der Waals surface area contributed by atoms with Crippen LogP contribution in [0.25, 0.3) is 0 Å². The fourth-order valence-corrected chi connectivity index (χ4v) is 2.31. The Kier molecular flexibility index (Phi) is 5.55. The summed E-state index contributed by atoms with van der Waals surface area (Å²) >= 11 is 12.2. The van der Waals surface area contributed by atoms with Gasteiger partial charge < -0.3 is 14.8 Å². The minimum Gasteiger partial charge on any atom is -0.476 e. The average Bonchev–Trinajstić information content (AvgIpc) is 2.90. The summed E-state index contributed by atoms with van der Waals surface area (Å²) in [7, 11) is 0. The quantitative estimate of drug-likeness (QED) is 0.871. The molecule has 1 unspecified atom stereocenters. The van der Waals surface area contributed by atoms with Crippen LogP contribution in [0, 0.1) is 5.92 Å². The van der Waals surface area contributed by atoms with Gasteiger partial charge in [0.15, 0.2) is 0 Å². The third kappa shape index (κ3) is 4.13. The van der Waals surface area contributed by atoms with Gasteiger partial charge in [0.25, 0.3) is 0 Å². The van der Waals surface area contributed by atoms with Gasteiger partial charge in [0.05, 0.1) is 18.2 Å². The van der Waals surface area contributed by atoms with E-state index < -0.39 is 0 Å². The van der Waals surface area contributed by atoms with E-state index in [2.05, 4.69) is 17.2 Å². The predicted molar refractivity (Wildman–Crippen MR) is 77.5 cm³/mol. The molecule has 19 heavy (non-hydrogen) atoms. The highest BCUT2D eigenvalue weighted by Crippen LogP contribution is 2.31. The van der Waals surface area contributed by atoms with E-state index >= 15 is 0 Å². The molecule has 1 aromatic rings. The second-order valence-electron chi connectivity index (χ2n) is 4.57. The Morgan fingerprint density at radius 3 is 3.00 bits per heavy atom. The van der Waals surface area contributed by atoms with Crippen LogP contribution in [0.1, 0.15) is 19.8 Å². The van der Waals surface area contributed by atoms with E-state index in [1.165, 1.54) is 0 Å². The molecule has 1 aromatic heterocycles. The van der Waals surface area contributed by atoms with Gasteiger partial charge in [0, 0.05) is 19.1 Å². The van der Waals surface area contributed by atoms with Crippen molar-refractivity contribution in [1.29, 1.82) is 0 Å². The Labute approximate surface area is 123 Å². The van der Waals surface area contributed by atoms with Crippen molar-refractivity contribution >= 4 is 29.0 Å². The zero-order valence-electron chi connectivity index (χ0n) is 10.9. The first kappa shape index (κ1) is 14.7. The summed E-state index contributed by atoms with van der Waals surface area (Å²) in [6.45, 7) is 5.01. The molecule has 106 valence electrons. The highest BCUT2D eigenvalue weighted by Gasteiger charge is 2.18. The third-order valence-electron chi connectivity index (χ3n) is 2.92. The van der Waals surface area contributed by atoms with Crippen molar-refractivity contribution in [2.75, 3.05) is 31.7 Å². The lowest BCUT2D eigenvalue weighted by Crippen LogP contribution is -2.13. The van der Waals surface area contributed by atoms with E-state index in [-0.39, 0.29) is 0 Å². The molecule has 0 amide bonds. The van der Waals surface area contributed by atoms with Gasteiger partial charge in [-0.25, -0.2) is 0 Å². The predicted octanol–water partition coefficient (Wildman–Crippen LogP) is 3.63. The van der Waals surface area contributed by atoms with Gasteiger partial charge in [0.2, 0.25) is 5.88 Å². The van der Waals surface area contributed by atoms with Gasteiger partial charge in [-0.05, 0) is 18.9 Å². The molecule has 1 atom stereocenters. The second-order valence-corrected chi connectivity index (χ2v) is 5.39. The van der Waals surface area contributed by atoms with Crippen LogP contribution >= 0.6 is 23.2 Å². The van der Waals surface area contributed by atoms with Gasteiger partial charge in [0.1, 0.15) is 10.8 Å². The van der Waals surface area contributed by atoms with Gasteiger partial charge in [-0.15, -0.1) is 0 Å². The number of pyridine rings is 1. The highest BCUT2D eigenvalue weighted by atomic mass is 35.5. The maximum atomic E-state index is 6.09. The summed E-state index contributed by atoms with van der Waals surface area (Å²) < 4.78 is 11.0. The largest absolute Gasteiger partial charge is 0.476 e. The average molecular weight is 305 g/mol. The molecular weight excluding hydrogens is 287 g/mol. The van der Waals surface area contributed by atoms with Crippen molar-refractivity contribution in [2.45, 2.75) is 19.8 Å². The third-order valence-corrected chi connectivity index (χ3v) is 3.48. The summed E-state index contributed by atoms with van der Waals surface area (Å²) in [6, 6.07) is 1.66. The summed E-state index contributed by atoms with van der Waals surface area (Å²) in [5, 5.41) is 4.10. The summed E-state index contributed by atoms with van der Waals surface area (Å²) in [4.78, 5) is 4.33. The maximum Gasteiger partial charge on any atom is 0.234 e. The SMILES string of the molecule is CCCNc1nc(OCC2CCOC2)c(Cl)cc1Cl. The van der Waals surface area contributed by atoms with Crippen molar-refractivity contribution in [3.05, 3.63) is 16.1 Å². The Hall–Kier alpha value is -0.710. The van der Waals surface area contributed by atoms with E-state index in [1.807, 2.05) is 0 Å². The maximum absolute atomic E-state index is 6.09. The molecule has 6 heteroatoms. The second kappa shape index (κ2) is 7.17. The van der Waals surface area contributed by atoms with E-state index in [0.29, 0.717) is 34.3 Å². The normalized spacial score (nSPS) is 18.6. The molecule has 0 aromatic carbocycles. The molecule has 4 nitrogen and oxygen atoms in total. The van der Waals surface area contributed by atoms with E-state index in [4.69, 9.17) is 32.7 Å². The van der Waals surface area contributed by atoms with Gasteiger partial charge >= 0.3 is 0 Å². The lowest BCUT2D eigenvalue weighted by molar-refractivity contribution is 0.165. The monoisotopic (exact) mass is 304 g/mol. The van der Waals surface area contributed by atoms with Crippen molar-refractivity contribution in [2.24, 2.45) is 5.92 Å². The Bertz CT molecular complexity index is 423. The Balaban J connectivity index is 2.01. The van der Waals surface area contributed by atoms with Crippen LogP contribution in [0.15, 0.2) is 6.07 Å². The number of aromatic nitrogens is 1. The van der Waals surface area contributed by atoms with Gasteiger partial charge in [-0.2, -0.15) is 4.98 Å². The Morgan fingerprint density at radius 1 is 1.47 bits per heavy atom. The van der Waals surface area contributed by atoms with Crippen molar-refractivity contribution in [3.8, 4) is 5.88 Å².